The third-order valence-corrected chi connectivity index (χ3v) is 4.67. The van der Waals surface area contributed by atoms with Crippen molar-refractivity contribution < 1.29 is 0 Å². The fraction of sp³-hybridized carbons (Fsp3) is 0.889. The topological polar surface area (TPSA) is 12.0 Å². The lowest BCUT2D eigenvalue weighted by Crippen LogP contribution is -2.35. The lowest BCUT2D eigenvalue weighted by atomic mass is 9.72. The van der Waals surface area contributed by atoms with Gasteiger partial charge < -0.3 is 5.32 Å². The molecule has 1 fully saturated rings. The Hall–Kier alpha value is -0.300. The number of nitrogens with one attached hydrogen (secondary N) is 1. The summed E-state index contributed by atoms with van der Waals surface area (Å²) < 4.78 is 0. The van der Waals surface area contributed by atoms with Gasteiger partial charge >= 0.3 is 0 Å². The molecule has 0 bridgehead atoms. The summed E-state index contributed by atoms with van der Waals surface area (Å²) >= 11 is 0. The van der Waals surface area contributed by atoms with Gasteiger partial charge in [0.1, 0.15) is 0 Å². The largest absolute Gasteiger partial charge is 0.314 e. The predicted molar refractivity (Wildman–Crippen MR) is 86.4 cm³/mol. The van der Waals surface area contributed by atoms with Gasteiger partial charge in [0.05, 0.1) is 0 Å². The van der Waals surface area contributed by atoms with E-state index in [2.05, 4.69) is 38.7 Å². The highest BCUT2D eigenvalue weighted by Crippen LogP contribution is 2.36. The van der Waals surface area contributed by atoms with Gasteiger partial charge in [-0.3, -0.25) is 0 Å². The molecule has 0 aromatic rings. The van der Waals surface area contributed by atoms with Crippen LogP contribution in [0.15, 0.2) is 12.7 Å². The molecule has 1 nitrogen and oxygen atoms in total. The fourth-order valence-corrected chi connectivity index (χ4v) is 3.44. The molecule has 0 heterocycles. The van der Waals surface area contributed by atoms with Crippen LogP contribution < -0.4 is 5.32 Å². The summed E-state index contributed by atoms with van der Waals surface area (Å²) in [6.07, 6.45) is 13.2. The third kappa shape index (κ3) is 7.15. The summed E-state index contributed by atoms with van der Waals surface area (Å²) in [5.41, 5.74) is 0. The summed E-state index contributed by atoms with van der Waals surface area (Å²) in [6, 6.07) is 0.632. The molecular formula is C18H35N. The van der Waals surface area contributed by atoms with Crippen LogP contribution in [0.4, 0.5) is 0 Å². The molecule has 0 saturated heterocycles. The van der Waals surface area contributed by atoms with Crippen molar-refractivity contribution in [1.82, 2.24) is 5.32 Å². The van der Waals surface area contributed by atoms with Gasteiger partial charge in [-0.05, 0) is 50.0 Å². The summed E-state index contributed by atoms with van der Waals surface area (Å²) in [7, 11) is 0. The maximum absolute atomic E-state index is 3.80. The van der Waals surface area contributed by atoms with Crippen molar-refractivity contribution in [3.05, 3.63) is 12.7 Å². The van der Waals surface area contributed by atoms with Crippen molar-refractivity contribution in [2.24, 2.45) is 17.8 Å². The summed E-state index contributed by atoms with van der Waals surface area (Å²) in [4.78, 5) is 0. The SMILES string of the molecule is C=CCCCCCC1CC(C)CCC1CNC(C)C. The zero-order chi connectivity index (χ0) is 14.1. The van der Waals surface area contributed by atoms with Crippen LogP contribution in [0.2, 0.25) is 0 Å². The number of allylic oxidation sites excluding steroid dienone is 1. The Balaban J connectivity index is 2.28. The number of hydrogen-bond donors (Lipinski definition) is 1. The summed E-state index contributed by atoms with van der Waals surface area (Å²) in [6.45, 7) is 12.0. The molecular weight excluding hydrogens is 230 g/mol. The van der Waals surface area contributed by atoms with Gasteiger partial charge in [0.15, 0.2) is 0 Å². The first kappa shape index (κ1) is 16.8. The van der Waals surface area contributed by atoms with Gasteiger partial charge in [0.25, 0.3) is 0 Å². The van der Waals surface area contributed by atoms with Gasteiger partial charge in [-0.2, -0.15) is 0 Å². The molecule has 1 aliphatic carbocycles. The van der Waals surface area contributed by atoms with E-state index in [0.717, 1.165) is 17.8 Å². The normalized spacial score (nSPS) is 27.7. The number of hydrogen-bond acceptors (Lipinski definition) is 1. The first-order valence-corrected chi connectivity index (χ1v) is 8.47. The number of rotatable bonds is 9. The van der Waals surface area contributed by atoms with Gasteiger partial charge in [0.2, 0.25) is 0 Å². The second-order valence-corrected chi connectivity index (χ2v) is 6.93. The van der Waals surface area contributed by atoms with E-state index in [-0.39, 0.29) is 0 Å². The monoisotopic (exact) mass is 265 g/mol. The van der Waals surface area contributed by atoms with E-state index >= 15 is 0 Å². The molecule has 1 aliphatic rings. The van der Waals surface area contributed by atoms with E-state index < -0.39 is 0 Å². The predicted octanol–water partition coefficient (Wildman–Crippen LogP) is 5.17. The summed E-state index contributed by atoms with van der Waals surface area (Å²) in [5.74, 6) is 2.85. The molecule has 3 unspecified atom stereocenters. The van der Waals surface area contributed by atoms with Crippen LogP contribution in [0, 0.1) is 17.8 Å². The minimum absolute atomic E-state index is 0.632. The number of unbranched alkanes of at least 4 members (excludes halogenated alkanes) is 3. The van der Waals surface area contributed by atoms with Crippen LogP contribution in [0.1, 0.15) is 72.1 Å². The van der Waals surface area contributed by atoms with E-state index in [1.165, 1.54) is 57.9 Å². The minimum atomic E-state index is 0.632. The van der Waals surface area contributed by atoms with Crippen molar-refractivity contribution in [2.45, 2.75) is 78.2 Å². The zero-order valence-electron chi connectivity index (χ0n) is 13.5. The molecule has 0 aliphatic heterocycles. The Kier molecular flexibility index (Phi) is 8.45. The van der Waals surface area contributed by atoms with E-state index in [1.54, 1.807) is 0 Å². The molecule has 3 atom stereocenters. The van der Waals surface area contributed by atoms with Gasteiger partial charge in [-0.25, -0.2) is 0 Å². The Morgan fingerprint density at radius 1 is 1.16 bits per heavy atom. The quantitative estimate of drug-likeness (QED) is 0.448. The molecule has 0 spiro atoms. The third-order valence-electron chi connectivity index (χ3n) is 4.67. The smallest absolute Gasteiger partial charge is 0.00104 e. The van der Waals surface area contributed by atoms with E-state index in [1.807, 2.05) is 0 Å². The van der Waals surface area contributed by atoms with Crippen molar-refractivity contribution in [3.8, 4) is 0 Å². The van der Waals surface area contributed by atoms with E-state index in [9.17, 15) is 0 Å². The Bertz CT molecular complexity index is 234. The molecule has 112 valence electrons. The highest BCUT2D eigenvalue weighted by Gasteiger charge is 2.27. The molecule has 0 aromatic carbocycles. The first-order valence-electron chi connectivity index (χ1n) is 8.47. The Morgan fingerprint density at radius 3 is 2.63 bits per heavy atom. The molecule has 1 heteroatoms. The molecule has 19 heavy (non-hydrogen) atoms. The summed E-state index contributed by atoms with van der Waals surface area (Å²) in [5, 5.41) is 3.66. The second kappa shape index (κ2) is 9.58. The molecule has 1 N–H and O–H groups in total. The van der Waals surface area contributed by atoms with Gasteiger partial charge in [0, 0.05) is 6.04 Å². The lowest BCUT2D eigenvalue weighted by Gasteiger charge is -2.35. The minimum Gasteiger partial charge on any atom is -0.314 e. The van der Waals surface area contributed by atoms with E-state index in [0.29, 0.717) is 6.04 Å². The van der Waals surface area contributed by atoms with Crippen molar-refractivity contribution >= 4 is 0 Å². The van der Waals surface area contributed by atoms with Crippen LogP contribution in [0.3, 0.4) is 0 Å². The van der Waals surface area contributed by atoms with Crippen LogP contribution in [0.25, 0.3) is 0 Å². The van der Waals surface area contributed by atoms with Crippen LogP contribution >= 0.6 is 0 Å². The van der Waals surface area contributed by atoms with Gasteiger partial charge in [-0.15, -0.1) is 6.58 Å². The average molecular weight is 265 g/mol. The van der Waals surface area contributed by atoms with Crippen molar-refractivity contribution in [2.75, 3.05) is 6.54 Å². The molecule has 1 rings (SSSR count). The lowest BCUT2D eigenvalue weighted by molar-refractivity contribution is 0.169. The standard InChI is InChI=1S/C18H35N/c1-5-6-7-8-9-10-17-13-16(4)11-12-18(17)14-19-15(2)3/h5,15-19H,1,6-14H2,2-4H3. The van der Waals surface area contributed by atoms with Crippen LogP contribution in [-0.4, -0.2) is 12.6 Å². The van der Waals surface area contributed by atoms with E-state index in [4.69, 9.17) is 0 Å². The fourth-order valence-electron chi connectivity index (χ4n) is 3.44. The average Bonchev–Trinajstić information content (AvgIpc) is 2.37. The molecule has 0 aromatic heterocycles. The highest BCUT2D eigenvalue weighted by molar-refractivity contribution is 4.80. The molecule has 0 radical (unpaired) electrons. The van der Waals surface area contributed by atoms with Crippen LogP contribution in [0.5, 0.6) is 0 Å². The Morgan fingerprint density at radius 2 is 1.95 bits per heavy atom. The second-order valence-electron chi connectivity index (χ2n) is 6.93. The van der Waals surface area contributed by atoms with Gasteiger partial charge in [-0.1, -0.05) is 52.5 Å². The van der Waals surface area contributed by atoms with Crippen molar-refractivity contribution in [1.29, 1.82) is 0 Å². The highest BCUT2D eigenvalue weighted by atomic mass is 14.9. The van der Waals surface area contributed by atoms with Crippen molar-refractivity contribution in [3.63, 3.8) is 0 Å². The molecule has 0 amide bonds. The first-order chi connectivity index (χ1) is 9.13. The maximum Gasteiger partial charge on any atom is 0.00104 e. The maximum atomic E-state index is 3.80. The zero-order valence-corrected chi connectivity index (χ0v) is 13.5. The van der Waals surface area contributed by atoms with Crippen LogP contribution in [-0.2, 0) is 0 Å². The Labute approximate surface area is 121 Å². The molecule has 1 saturated carbocycles.